The normalized spacial score (nSPS) is 11.4. The molecule has 0 aliphatic rings. The van der Waals surface area contributed by atoms with Gasteiger partial charge in [0.15, 0.2) is 11.5 Å². The fourth-order valence-electron chi connectivity index (χ4n) is 4.05. The number of rotatable bonds is 16. The van der Waals surface area contributed by atoms with Crippen LogP contribution in [0.25, 0.3) is 11.2 Å². The standard InChI is InChI=1S/C25H36N6O5/c1-2-3-14-36-24-28-22(26)21-23(29-24)31(25(35)27-21)12-5-4-10-30(11-7-13-32)17-19-9-6-8-18(15-19)16-20(33)34/h6,8-9,15,32H,2-5,7,10-14,16-17H2,1H3,(H,27,35)(H,33,34)(H2,26,28,29). The van der Waals surface area contributed by atoms with Gasteiger partial charge in [0.05, 0.1) is 13.0 Å². The molecule has 0 unspecified atom stereocenters. The van der Waals surface area contributed by atoms with E-state index in [1.54, 1.807) is 4.57 Å². The second-order valence-corrected chi connectivity index (χ2v) is 8.82. The van der Waals surface area contributed by atoms with E-state index in [2.05, 4.69) is 26.8 Å². The van der Waals surface area contributed by atoms with Gasteiger partial charge in [-0.15, -0.1) is 0 Å². The van der Waals surface area contributed by atoms with Gasteiger partial charge in [-0.05, 0) is 43.4 Å². The Morgan fingerprint density at radius 2 is 1.94 bits per heavy atom. The number of carboxylic acid groups (broad SMARTS) is 1. The van der Waals surface area contributed by atoms with Crippen LogP contribution in [-0.2, 0) is 24.3 Å². The van der Waals surface area contributed by atoms with Crippen molar-refractivity contribution in [3.8, 4) is 6.01 Å². The fourth-order valence-corrected chi connectivity index (χ4v) is 4.05. The highest BCUT2D eigenvalue weighted by Gasteiger charge is 2.15. The molecule has 196 valence electrons. The van der Waals surface area contributed by atoms with Crippen molar-refractivity contribution in [3.63, 3.8) is 0 Å². The minimum atomic E-state index is -0.858. The van der Waals surface area contributed by atoms with Crippen molar-refractivity contribution in [1.29, 1.82) is 0 Å². The van der Waals surface area contributed by atoms with E-state index in [1.807, 2.05) is 24.3 Å². The number of aromatic nitrogens is 4. The number of hydrogen-bond acceptors (Lipinski definition) is 8. The number of fused-ring (bicyclic) bond motifs is 1. The molecule has 0 amide bonds. The lowest BCUT2D eigenvalue weighted by molar-refractivity contribution is -0.136. The van der Waals surface area contributed by atoms with Crippen LogP contribution >= 0.6 is 0 Å². The number of aliphatic carboxylic acids is 1. The Bertz CT molecular complexity index is 1190. The predicted molar refractivity (Wildman–Crippen MR) is 137 cm³/mol. The summed E-state index contributed by atoms with van der Waals surface area (Å²) < 4.78 is 7.15. The maximum atomic E-state index is 12.5. The lowest BCUT2D eigenvalue weighted by Gasteiger charge is -2.22. The summed E-state index contributed by atoms with van der Waals surface area (Å²) in [6.45, 7) is 5.25. The summed E-state index contributed by atoms with van der Waals surface area (Å²) in [6.07, 6.45) is 4.04. The molecule has 0 bridgehead atoms. The minimum Gasteiger partial charge on any atom is -0.481 e. The number of nitrogen functional groups attached to an aromatic ring is 1. The van der Waals surface area contributed by atoms with Crippen LogP contribution in [0.5, 0.6) is 6.01 Å². The molecular formula is C25H36N6O5. The van der Waals surface area contributed by atoms with Crippen LogP contribution < -0.4 is 16.2 Å². The summed E-state index contributed by atoms with van der Waals surface area (Å²) in [5.74, 6) is -0.675. The summed E-state index contributed by atoms with van der Waals surface area (Å²) in [6, 6.07) is 7.74. The number of carbonyl (C=O) groups is 1. The molecule has 2 aromatic heterocycles. The number of nitrogens with one attached hydrogen (secondary N) is 1. The minimum absolute atomic E-state index is 0.0106. The van der Waals surface area contributed by atoms with Gasteiger partial charge in [-0.1, -0.05) is 37.6 Å². The monoisotopic (exact) mass is 500 g/mol. The van der Waals surface area contributed by atoms with Crippen LogP contribution in [0.2, 0.25) is 0 Å². The molecule has 1 aromatic carbocycles. The Kier molecular flexibility index (Phi) is 10.3. The number of carboxylic acids is 1. The Balaban J connectivity index is 1.62. The summed E-state index contributed by atoms with van der Waals surface area (Å²) >= 11 is 0. The molecule has 3 aromatic rings. The van der Waals surface area contributed by atoms with Gasteiger partial charge in [0.2, 0.25) is 0 Å². The van der Waals surface area contributed by atoms with Crippen LogP contribution in [0.3, 0.4) is 0 Å². The molecule has 0 aliphatic carbocycles. The molecule has 0 atom stereocenters. The molecule has 5 N–H and O–H groups in total. The predicted octanol–water partition coefficient (Wildman–Crippen LogP) is 2.17. The van der Waals surface area contributed by atoms with Gasteiger partial charge in [0.1, 0.15) is 5.52 Å². The zero-order chi connectivity index (χ0) is 25.9. The number of H-pyrrole nitrogens is 1. The van der Waals surface area contributed by atoms with Crippen LogP contribution in [0, 0.1) is 0 Å². The molecular weight excluding hydrogens is 464 g/mol. The number of nitrogens with zero attached hydrogens (tertiary/aromatic N) is 4. The highest BCUT2D eigenvalue weighted by atomic mass is 16.5. The van der Waals surface area contributed by atoms with Crippen molar-refractivity contribution < 1.29 is 19.7 Å². The van der Waals surface area contributed by atoms with Crippen molar-refractivity contribution in [1.82, 2.24) is 24.4 Å². The largest absolute Gasteiger partial charge is 0.481 e. The molecule has 2 heterocycles. The Morgan fingerprint density at radius 3 is 2.69 bits per heavy atom. The van der Waals surface area contributed by atoms with Crippen LogP contribution in [-0.4, -0.2) is 66.9 Å². The number of ether oxygens (including phenoxy) is 1. The van der Waals surface area contributed by atoms with Gasteiger partial charge in [0.25, 0.3) is 0 Å². The number of unbranched alkanes of at least 4 members (excludes halogenated alkanes) is 2. The summed E-state index contributed by atoms with van der Waals surface area (Å²) in [5.41, 5.74) is 8.37. The zero-order valence-corrected chi connectivity index (χ0v) is 20.8. The number of benzene rings is 1. The highest BCUT2D eigenvalue weighted by molar-refractivity contribution is 5.81. The molecule has 0 saturated heterocycles. The number of aromatic amines is 1. The van der Waals surface area contributed by atoms with E-state index in [4.69, 9.17) is 15.6 Å². The van der Waals surface area contributed by atoms with Crippen molar-refractivity contribution >= 4 is 23.0 Å². The Hall–Kier alpha value is -3.44. The van der Waals surface area contributed by atoms with Crippen LogP contribution in [0.1, 0.15) is 50.2 Å². The highest BCUT2D eigenvalue weighted by Crippen LogP contribution is 2.18. The number of aliphatic hydroxyl groups excluding tert-OH is 1. The van der Waals surface area contributed by atoms with E-state index in [0.717, 1.165) is 49.9 Å². The van der Waals surface area contributed by atoms with Crippen molar-refractivity contribution in [2.24, 2.45) is 0 Å². The second-order valence-electron chi connectivity index (χ2n) is 8.82. The van der Waals surface area contributed by atoms with Gasteiger partial charge in [-0.2, -0.15) is 9.97 Å². The lowest BCUT2D eigenvalue weighted by Crippen LogP contribution is -2.27. The number of anilines is 1. The van der Waals surface area contributed by atoms with Gasteiger partial charge in [0, 0.05) is 26.2 Å². The second kappa shape index (κ2) is 13.6. The van der Waals surface area contributed by atoms with Crippen LogP contribution in [0.4, 0.5) is 5.82 Å². The number of aryl methyl sites for hydroxylation is 1. The maximum absolute atomic E-state index is 12.5. The molecule has 3 rings (SSSR count). The Labute approximate surface area is 209 Å². The summed E-state index contributed by atoms with van der Waals surface area (Å²) in [7, 11) is 0. The SMILES string of the molecule is CCCCOc1nc(N)c2[nH]c(=O)n(CCCCN(CCCO)Cc3cccc(CC(=O)O)c3)c2n1. The van der Waals surface area contributed by atoms with E-state index in [1.165, 1.54) is 0 Å². The quantitative estimate of drug-likeness (QED) is 0.216. The lowest BCUT2D eigenvalue weighted by atomic mass is 10.1. The molecule has 0 aliphatic heterocycles. The Morgan fingerprint density at radius 1 is 1.17 bits per heavy atom. The van der Waals surface area contributed by atoms with E-state index in [9.17, 15) is 14.7 Å². The number of nitrogens with two attached hydrogens (primary N) is 1. The summed E-state index contributed by atoms with van der Waals surface area (Å²) in [4.78, 5) is 37.1. The first-order valence-corrected chi connectivity index (χ1v) is 12.4. The van der Waals surface area contributed by atoms with E-state index in [-0.39, 0.29) is 30.5 Å². The third-order valence-electron chi connectivity index (χ3n) is 5.85. The molecule has 0 saturated carbocycles. The molecule has 11 nitrogen and oxygen atoms in total. The topological polar surface area (TPSA) is 160 Å². The number of imidazole rings is 1. The zero-order valence-electron chi connectivity index (χ0n) is 20.8. The molecule has 11 heteroatoms. The first kappa shape index (κ1) is 27.2. The number of hydrogen-bond donors (Lipinski definition) is 4. The fraction of sp³-hybridized carbons (Fsp3) is 0.520. The van der Waals surface area contributed by atoms with E-state index < -0.39 is 5.97 Å². The first-order valence-electron chi connectivity index (χ1n) is 12.4. The van der Waals surface area contributed by atoms with Crippen molar-refractivity contribution in [2.75, 3.05) is 32.0 Å². The third-order valence-corrected chi connectivity index (χ3v) is 5.85. The van der Waals surface area contributed by atoms with Gasteiger partial charge >= 0.3 is 17.7 Å². The molecule has 36 heavy (non-hydrogen) atoms. The molecule has 0 spiro atoms. The van der Waals surface area contributed by atoms with Gasteiger partial charge in [-0.25, -0.2) is 4.79 Å². The number of aliphatic hydroxyl groups is 1. The van der Waals surface area contributed by atoms with Crippen LogP contribution in [0.15, 0.2) is 29.1 Å². The molecule has 0 radical (unpaired) electrons. The average Bonchev–Trinajstić information content (AvgIpc) is 3.15. The average molecular weight is 501 g/mol. The van der Waals surface area contributed by atoms with E-state index in [0.29, 0.717) is 37.3 Å². The van der Waals surface area contributed by atoms with E-state index >= 15 is 0 Å². The van der Waals surface area contributed by atoms with Crippen molar-refractivity contribution in [3.05, 3.63) is 45.9 Å². The van der Waals surface area contributed by atoms with Gasteiger partial charge in [-0.3, -0.25) is 14.3 Å². The summed E-state index contributed by atoms with van der Waals surface area (Å²) in [5, 5.41) is 18.4. The smallest absolute Gasteiger partial charge is 0.327 e. The van der Waals surface area contributed by atoms with Gasteiger partial charge < -0.3 is 25.7 Å². The maximum Gasteiger partial charge on any atom is 0.327 e. The first-order chi connectivity index (χ1) is 17.4. The molecule has 0 fully saturated rings. The third kappa shape index (κ3) is 7.79. The van der Waals surface area contributed by atoms with Crippen molar-refractivity contribution in [2.45, 2.75) is 58.5 Å².